The molecule has 0 rings (SSSR count). The van der Waals surface area contributed by atoms with E-state index in [-0.39, 0.29) is 40.8 Å². The normalized spacial score (nSPS) is 9.12. The van der Waals surface area contributed by atoms with E-state index < -0.39 is 35.8 Å². The van der Waals surface area contributed by atoms with Gasteiger partial charge in [-0.25, -0.2) is 28.8 Å². The van der Waals surface area contributed by atoms with E-state index in [0.717, 1.165) is 0 Å². The molecule has 0 aliphatic rings. The maximum absolute atomic E-state index is 9.55. The van der Waals surface area contributed by atoms with Crippen LogP contribution in [0.2, 0.25) is 0 Å². The molecule has 0 spiro atoms. The van der Waals surface area contributed by atoms with Crippen LogP contribution in [0, 0.1) is 40.8 Å². The summed E-state index contributed by atoms with van der Waals surface area (Å²) < 4.78 is 0. The van der Waals surface area contributed by atoms with Gasteiger partial charge in [-0.1, -0.05) is 0 Å². The maximum Gasteiger partial charge on any atom is 0.328 e. The summed E-state index contributed by atoms with van der Waals surface area (Å²) in [6.07, 6.45) is 3.35. The van der Waals surface area contributed by atoms with Crippen LogP contribution >= 0.6 is 0 Å². The van der Waals surface area contributed by atoms with Gasteiger partial charge in [0.05, 0.1) is 0 Å². The Morgan fingerprint density at radius 1 is 0.360 bits per heavy atom. The Balaban J connectivity index is -0.000000130. The van der Waals surface area contributed by atoms with Gasteiger partial charge in [0.1, 0.15) is 0 Å². The molecule has 0 aliphatic heterocycles. The Kier molecular flexibility index (Phi) is 23.6. The number of hydrogen-bond acceptors (Lipinski definition) is 6. The summed E-state index contributed by atoms with van der Waals surface area (Å²) in [6.45, 7) is 0. The average Bonchev–Trinajstić information content (AvgIpc) is 2.42. The molecule has 0 bridgehead atoms. The Labute approximate surface area is 171 Å². The quantitative estimate of drug-likeness (QED) is 0.249. The molecule has 0 aliphatic carbocycles. The largest absolute Gasteiger partial charge is 0.478 e. The molecule has 0 unspecified atom stereocenters. The first-order chi connectivity index (χ1) is 10.9. The monoisotopic (exact) mass is 490 g/mol. The second-order valence-corrected chi connectivity index (χ2v) is 3.03. The molecule has 0 aromatic heterocycles. The predicted molar refractivity (Wildman–Crippen MR) is 73.2 cm³/mol. The van der Waals surface area contributed by atoms with Crippen molar-refractivity contribution >= 4 is 35.8 Å². The zero-order valence-corrected chi connectivity index (χ0v) is 15.3. The van der Waals surface area contributed by atoms with Crippen molar-refractivity contribution in [3.8, 4) is 0 Å². The molecular formula is C12H12NdO12. The molecule has 0 fully saturated rings. The van der Waals surface area contributed by atoms with Crippen molar-refractivity contribution in [3.05, 3.63) is 36.5 Å². The third-order valence-electron chi connectivity index (χ3n) is 1.11. The van der Waals surface area contributed by atoms with Crippen molar-refractivity contribution in [2.24, 2.45) is 0 Å². The van der Waals surface area contributed by atoms with Gasteiger partial charge in [-0.15, -0.1) is 0 Å². The van der Waals surface area contributed by atoms with Crippen LogP contribution in [0.5, 0.6) is 0 Å². The fraction of sp³-hybridized carbons (Fsp3) is 0. The topological polar surface area (TPSA) is 224 Å². The Hall–Kier alpha value is -2.61. The molecule has 6 N–H and O–H groups in total. The van der Waals surface area contributed by atoms with Gasteiger partial charge in [-0.2, -0.15) is 0 Å². The zero-order chi connectivity index (χ0) is 19.7. The molecule has 0 radical (unpaired) electrons. The third kappa shape index (κ3) is 52.4. The Morgan fingerprint density at radius 2 is 0.440 bits per heavy atom. The van der Waals surface area contributed by atoms with Gasteiger partial charge in [0.2, 0.25) is 0 Å². The second-order valence-electron chi connectivity index (χ2n) is 3.03. The van der Waals surface area contributed by atoms with Crippen molar-refractivity contribution in [2.45, 2.75) is 0 Å². The molecule has 13 heteroatoms. The van der Waals surface area contributed by atoms with Crippen molar-refractivity contribution in [2.75, 3.05) is 0 Å². The first-order valence-electron chi connectivity index (χ1n) is 5.30. The van der Waals surface area contributed by atoms with Gasteiger partial charge < -0.3 is 30.6 Å². The van der Waals surface area contributed by atoms with Crippen LogP contribution < -0.4 is 0 Å². The van der Waals surface area contributed by atoms with E-state index in [1.54, 1.807) is 0 Å². The molecular weight excluding hydrogens is 480 g/mol. The SMILES string of the molecule is O=C(O)/C=C\C(=O)O.O=C(O)/C=C\C(=O)O.O=C(O)/C=C\C(=O)O.[Nd]. The van der Waals surface area contributed by atoms with Crippen molar-refractivity contribution in [3.63, 3.8) is 0 Å². The minimum atomic E-state index is -1.26. The van der Waals surface area contributed by atoms with Crippen LogP contribution in [0.25, 0.3) is 0 Å². The van der Waals surface area contributed by atoms with E-state index in [9.17, 15) is 28.8 Å². The molecule has 0 saturated carbocycles. The number of carboxylic acids is 6. The minimum Gasteiger partial charge on any atom is -0.478 e. The molecule has 12 nitrogen and oxygen atoms in total. The van der Waals surface area contributed by atoms with Gasteiger partial charge >= 0.3 is 35.8 Å². The number of carboxylic acid groups (broad SMARTS) is 6. The number of hydrogen-bond donors (Lipinski definition) is 6. The van der Waals surface area contributed by atoms with Crippen molar-refractivity contribution in [1.82, 2.24) is 0 Å². The number of aliphatic carboxylic acids is 6. The van der Waals surface area contributed by atoms with E-state index >= 15 is 0 Å². The van der Waals surface area contributed by atoms with Crippen LogP contribution in [-0.2, 0) is 28.8 Å². The van der Waals surface area contributed by atoms with Gasteiger partial charge in [-0.3, -0.25) is 0 Å². The standard InChI is InChI=1S/3C4H4O4.Nd/c3*5-3(6)1-2-4(7)8;/h3*1-2H,(H,5,6)(H,7,8);/b3*2-1-;. The van der Waals surface area contributed by atoms with Crippen LogP contribution in [0.1, 0.15) is 0 Å². The average molecular weight is 492 g/mol. The fourth-order valence-corrected chi connectivity index (χ4v) is 0.428. The third-order valence-corrected chi connectivity index (χ3v) is 1.11. The summed E-state index contributed by atoms with van der Waals surface area (Å²) in [5.74, 6) is -7.54. The number of carbonyl (C=O) groups is 6. The molecule has 0 heterocycles. The molecule has 0 atom stereocenters. The molecule has 0 aromatic rings. The first kappa shape index (κ1) is 30.3. The van der Waals surface area contributed by atoms with E-state index in [2.05, 4.69) is 0 Å². The maximum atomic E-state index is 9.55. The van der Waals surface area contributed by atoms with Gasteiger partial charge in [-0.05, 0) is 0 Å². The molecule has 0 saturated heterocycles. The van der Waals surface area contributed by atoms with Gasteiger partial charge in [0, 0.05) is 77.3 Å². The smallest absolute Gasteiger partial charge is 0.328 e. The second kappa shape index (κ2) is 19.4. The van der Waals surface area contributed by atoms with Gasteiger partial charge in [0.15, 0.2) is 0 Å². The van der Waals surface area contributed by atoms with Gasteiger partial charge in [0.25, 0.3) is 0 Å². The summed E-state index contributed by atoms with van der Waals surface area (Å²) in [4.78, 5) is 57.3. The Morgan fingerprint density at radius 3 is 0.480 bits per heavy atom. The summed E-state index contributed by atoms with van der Waals surface area (Å²) in [7, 11) is 0. The molecule has 0 amide bonds. The van der Waals surface area contributed by atoms with E-state index in [1.165, 1.54) is 0 Å². The summed E-state index contributed by atoms with van der Waals surface area (Å²) in [6, 6.07) is 0. The van der Waals surface area contributed by atoms with Crippen LogP contribution in [0.15, 0.2) is 36.5 Å². The van der Waals surface area contributed by atoms with Crippen LogP contribution in [0.3, 0.4) is 0 Å². The summed E-state index contributed by atoms with van der Waals surface area (Å²) in [5.41, 5.74) is 0. The molecule has 136 valence electrons. The van der Waals surface area contributed by atoms with E-state index in [1.807, 2.05) is 0 Å². The molecule has 25 heavy (non-hydrogen) atoms. The number of rotatable bonds is 6. The zero-order valence-electron chi connectivity index (χ0n) is 12.1. The van der Waals surface area contributed by atoms with E-state index in [0.29, 0.717) is 36.5 Å². The summed E-state index contributed by atoms with van der Waals surface area (Å²) >= 11 is 0. The minimum absolute atomic E-state index is 0. The van der Waals surface area contributed by atoms with Crippen LogP contribution in [0.4, 0.5) is 0 Å². The first-order valence-corrected chi connectivity index (χ1v) is 5.30. The van der Waals surface area contributed by atoms with E-state index in [4.69, 9.17) is 30.6 Å². The van der Waals surface area contributed by atoms with Crippen LogP contribution in [-0.4, -0.2) is 66.5 Å². The van der Waals surface area contributed by atoms with Crippen molar-refractivity contribution < 1.29 is 100 Å². The van der Waals surface area contributed by atoms with Crippen molar-refractivity contribution in [1.29, 1.82) is 0 Å². The molecule has 0 aromatic carbocycles. The predicted octanol–water partition coefficient (Wildman–Crippen LogP) is -0.865. The fourth-order valence-electron chi connectivity index (χ4n) is 0.428. The summed E-state index contributed by atoms with van der Waals surface area (Å²) in [5, 5.41) is 46.9. The Bertz CT molecular complexity index is 444.